The highest BCUT2D eigenvalue weighted by molar-refractivity contribution is 7.98. The van der Waals surface area contributed by atoms with Crippen molar-refractivity contribution in [1.82, 2.24) is 10.2 Å². The standard InChI is InChI=1S/C14H24N2S/c1-16(11-10-15-9-6-12-17-2)13-14-7-4-3-5-8-14/h3-5,7-8,15H,6,9-13H2,1-2H3. The number of benzene rings is 1. The lowest BCUT2D eigenvalue weighted by atomic mass is 10.2. The number of nitrogens with one attached hydrogen (secondary N) is 1. The molecule has 1 aromatic carbocycles. The van der Waals surface area contributed by atoms with Gasteiger partial charge >= 0.3 is 0 Å². The Balaban J connectivity index is 2.03. The Morgan fingerprint density at radius 1 is 1.18 bits per heavy atom. The molecule has 0 saturated carbocycles. The molecule has 1 aromatic rings. The van der Waals surface area contributed by atoms with Gasteiger partial charge in [-0.1, -0.05) is 30.3 Å². The van der Waals surface area contributed by atoms with E-state index < -0.39 is 0 Å². The predicted molar refractivity (Wildman–Crippen MR) is 78.6 cm³/mol. The maximum Gasteiger partial charge on any atom is 0.0231 e. The Morgan fingerprint density at radius 3 is 2.65 bits per heavy atom. The van der Waals surface area contributed by atoms with Crippen LogP contribution < -0.4 is 5.32 Å². The SMILES string of the molecule is CSCCCNCCN(C)Cc1ccccc1. The highest BCUT2D eigenvalue weighted by Gasteiger charge is 1.98. The van der Waals surface area contributed by atoms with Crippen molar-refractivity contribution in [3.05, 3.63) is 35.9 Å². The lowest BCUT2D eigenvalue weighted by Gasteiger charge is -2.16. The molecule has 2 nitrogen and oxygen atoms in total. The second-order valence-electron chi connectivity index (χ2n) is 4.32. The third-order valence-electron chi connectivity index (χ3n) is 2.67. The molecule has 0 radical (unpaired) electrons. The number of hydrogen-bond acceptors (Lipinski definition) is 3. The van der Waals surface area contributed by atoms with Gasteiger partial charge in [-0.2, -0.15) is 11.8 Å². The maximum absolute atomic E-state index is 3.48. The van der Waals surface area contributed by atoms with Gasteiger partial charge in [0.2, 0.25) is 0 Å². The summed E-state index contributed by atoms with van der Waals surface area (Å²) in [6.45, 7) is 4.36. The Hall–Kier alpha value is -0.510. The molecule has 0 aliphatic heterocycles. The number of rotatable bonds is 9. The smallest absolute Gasteiger partial charge is 0.0231 e. The molecule has 1 rings (SSSR count). The van der Waals surface area contributed by atoms with Gasteiger partial charge in [0, 0.05) is 19.6 Å². The topological polar surface area (TPSA) is 15.3 Å². The molecule has 0 saturated heterocycles. The fourth-order valence-electron chi connectivity index (χ4n) is 1.71. The molecule has 0 bridgehead atoms. The molecule has 0 heterocycles. The van der Waals surface area contributed by atoms with Crippen molar-refractivity contribution in [2.24, 2.45) is 0 Å². The van der Waals surface area contributed by atoms with E-state index in [1.807, 2.05) is 11.8 Å². The van der Waals surface area contributed by atoms with Crippen LogP contribution in [0.2, 0.25) is 0 Å². The maximum atomic E-state index is 3.48. The fraction of sp³-hybridized carbons (Fsp3) is 0.571. The zero-order valence-electron chi connectivity index (χ0n) is 11.0. The van der Waals surface area contributed by atoms with Crippen molar-refractivity contribution in [1.29, 1.82) is 0 Å². The molecule has 0 aliphatic carbocycles. The van der Waals surface area contributed by atoms with Gasteiger partial charge < -0.3 is 10.2 Å². The van der Waals surface area contributed by atoms with E-state index in [4.69, 9.17) is 0 Å². The summed E-state index contributed by atoms with van der Waals surface area (Å²) in [7, 11) is 2.18. The molecule has 1 N–H and O–H groups in total. The number of likely N-dealkylation sites (N-methyl/N-ethyl adjacent to an activating group) is 1. The van der Waals surface area contributed by atoms with Gasteiger partial charge in [0.15, 0.2) is 0 Å². The molecule has 0 unspecified atom stereocenters. The van der Waals surface area contributed by atoms with Crippen molar-refractivity contribution in [3.8, 4) is 0 Å². The Morgan fingerprint density at radius 2 is 1.94 bits per heavy atom. The van der Waals surface area contributed by atoms with Gasteiger partial charge in [-0.3, -0.25) is 0 Å². The van der Waals surface area contributed by atoms with Crippen LogP contribution in [0.25, 0.3) is 0 Å². The van der Waals surface area contributed by atoms with Crippen molar-refractivity contribution in [3.63, 3.8) is 0 Å². The molecule has 0 fully saturated rings. The van der Waals surface area contributed by atoms with E-state index in [1.165, 1.54) is 17.7 Å². The summed E-state index contributed by atoms with van der Waals surface area (Å²) < 4.78 is 0. The summed E-state index contributed by atoms with van der Waals surface area (Å²) in [4.78, 5) is 2.36. The second kappa shape index (κ2) is 9.51. The van der Waals surface area contributed by atoms with Gasteiger partial charge in [0.1, 0.15) is 0 Å². The quantitative estimate of drug-likeness (QED) is 0.680. The van der Waals surface area contributed by atoms with Crippen LogP contribution in [-0.2, 0) is 6.54 Å². The molecule has 0 spiro atoms. The molecule has 0 aliphatic rings. The fourth-order valence-corrected chi connectivity index (χ4v) is 2.14. The summed E-state index contributed by atoms with van der Waals surface area (Å²) in [5, 5.41) is 3.48. The molecule has 0 aromatic heterocycles. The lowest BCUT2D eigenvalue weighted by Crippen LogP contribution is -2.29. The van der Waals surface area contributed by atoms with Crippen molar-refractivity contribution in [2.75, 3.05) is 38.7 Å². The molecule has 96 valence electrons. The van der Waals surface area contributed by atoms with Crippen molar-refractivity contribution >= 4 is 11.8 Å². The minimum Gasteiger partial charge on any atom is -0.315 e. The summed E-state index contributed by atoms with van der Waals surface area (Å²) in [6, 6.07) is 10.6. The van der Waals surface area contributed by atoms with Crippen molar-refractivity contribution < 1.29 is 0 Å². The summed E-state index contributed by atoms with van der Waals surface area (Å²) in [5.41, 5.74) is 1.39. The summed E-state index contributed by atoms with van der Waals surface area (Å²) in [6.07, 6.45) is 3.43. The first kappa shape index (κ1) is 14.6. The van der Waals surface area contributed by atoms with Crippen LogP contribution in [0, 0.1) is 0 Å². The van der Waals surface area contributed by atoms with Crippen LogP contribution >= 0.6 is 11.8 Å². The van der Waals surface area contributed by atoms with E-state index in [-0.39, 0.29) is 0 Å². The Bertz CT molecular complexity index is 277. The monoisotopic (exact) mass is 252 g/mol. The van der Waals surface area contributed by atoms with Gasteiger partial charge in [0.05, 0.1) is 0 Å². The van der Waals surface area contributed by atoms with E-state index in [0.717, 1.165) is 26.2 Å². The minimum absolute atomic E-state index is 1.04. The third-order valence-corrected chi connectivity index (χ3v) is 3.36. The average Bonchev–Trinajstić information content (AvgIpc) is 2.35. The Labute approximate surface area is 110 Å². The van der Waals surface area contributed by atoms with E-state index in [2.05, 4.69) is 53.9 Å². The van der Waals surface area contributed by atoms with Gasteiger partial charge in [-0.25, -0.2) is 0 Å². The highest BCUT2D eigenvalue weighted by Crippen LogP contribution is 2.01. The largest absolute Gasteiger partial charge is 0.315 e. The molecule has 17 heavy (non-hydrogen) atoms. The lowest BCUT2D eigenvalue weighted by molar-refractivity contribution is 0.325. The van der Waals surface area contributed by atoms with E-state index >= 15 is 0 Å². The van der Waals surface area contributed by atoms with E-state index in [0.29, 0.717) is 0 Å². The van der Waals surface area contributed by atoms with Crippen LogP contribution in [0.15, 0.2) is 30.3 Å². The van der Waals surface area contributed by atoms with Crippen molar-refractivity contribution in [2.45, 2.75) is 13.0 Å². The zero-order valence-corrected chi connectivity index (χ0v) is 11.8. The first-order chi connectivity index (χ1) is 8.33. The molecular weight excluding hydrogens is 228 g/mol. The van der Waals surface area contributed by atoms with Crippen LogP contribution in [0.4, 0.5) is 0 Å². The van der Waals surface area contributed by atoms with E-state index in [9.17, 15) is 0 Å². The normalized spacial score (nSPS) is 11.0. The minimum atomic E-state index is 1.04. The third kappa shape index (κ3) is 7.42. The molecule has 3 heteroatoms. The van der Waals surface area contributed by atoms with Crippen LogP contribution in [0.1, 0.15) is 12.0 Å². The zero-order chi connectivity index (χ0) is 12.3. The second-order valence-corrected chi connectivity index (χ2v) is 5.31. The highest BCUT2D eigenvalue weighted by atomic mass is 32.2. The van der Waals surface area contributed by atoms with E-state index in [1.54, 1.807) is 0 Å². The number of hydrogen-bond donors (Lipinski definition) is 1. The first-order valence-corrected chi connectivity index (χ1v) is 7.64. The predicted octanol–water partition coefficient (Wildman–Crippen LogP) is 2.46. The molecule has 0 atom stereocenters. The van der Waals surface area contributed by atoms with Crippen LogP contribution in [-0.4, -0.2) is 43.6 Å². The number of thioether (sulfide) groups is 1. The van der Waals surface area contributed by atoms with Gasteiger partial charge in [0.25, 0.3) is 0 Å². The summed E-state index contributed by atoms with van der Waals surface area (Å²) >= 11 is 1.92. The average molecular weight is 252 g/mol. The summed E-state index contributed by atoms with van der Waals surface area (Å²) in [5.74, 6) is 1.26. The van der Waals surface area contributed by atoms with Gasteiger partial charge in [-0.15, -0.1) is 0 Å². The molecule has 0 amide bonds. The first-order valence-electron chi connectivity index (χ1n) is 6.25. The number of nitrogens with zero attached hydrogens (tertiary/aromatic N) is 1. The van der Waals surface area contributed by atoms with Crippen LogP contribution in [0.5, 0.6) is 0 Å². The molecular formula is C14H24N2S. The van der Waals surface area contributed by atoms with Crippen LogP contribution in [0.3, 0.4) is 0 Å². The van der Waals surface area contributed by atoms with Gasteiger partial charge in [-0.05, 0) is 37.6 Å². The Kier molecular flexibility index (Phi) is 8.14.